The van der Waals surface area contributed by atoms with Gasteiger partial charge in [-0.3, -0.25) is 9.59 Å². The summed E-state index contributed by atoms with van der Waals surface area (Å²) < 4.78 is 0. The Kier molecular flexibility index (Phi) is 4.69. The van der Waals surface area contributed by atoms with Crippen molar-refractivity contribution in [3.63, 3.8) is 0 Å². The van der Waals surface area contributed by atoms with Crippen LogP contribution in [-0.2, 0) is 9.59 Å². The first-order valence-electron chi connectivity index (χ1n) is 8.87. The highest BCUT2D eigenvalue weighted by Gasteiger charge is 2.40. The summed E-state index contributed by atoms with van der Waals surface area (Å²) in [6, 6.07) is 7.40. The summed E-state index contributed by atoms with van der Waals surface area (Å²) in [4.78, 5) is 28.5. The van der Waals surface area contributed by atoms with E-state index in [9.17, 15) is 14.7 Å². The van der Waals surface area contributed by atoms with Crippen LogP contribution in [0.3, 0.4) is 0 Å². The van der Waals surface area contributed by atoms with Gasteiger partial charge in [0.25, 0.3) is 0 Å². The summed E-state index contributed by atoms with van der Waals surface area (Å²) in [5.41, 5.74) is 1.11. The lowest BCUT2D eigenvalue weighted by Gasteiger charge is -2.37. The maximum atomic E-state index is 13.0. The van der Waals surface area contributed by atoms with E-state index in [2.05, 4.69) is 0 Å². The zero-order valence-corrected chi connectivity index (χ0v) is 15.1. The summed E-state index contributed by atoms with van der Waals surface area (Å²) in [7, 11) is 0. The van der Waals surface area contributed by atoms with E-state index >= 15 is 0 Å². The molecule has 0 aliphatic carbocycles. The number of aliphatic hydroxyl groups is 1. The lowest BCUT2D eigenvalue weighted by Crippen LogP contribution is -2.49. The zero-order chi connectivity index (χ0) is 18.2. The lowest BCUT2D eigenvalue weighted by molar-refractivity contribution is -0.139. The number of carbonyl (C=O) groups is 2. The van der Waals surface area contributed by atoms with Crippen LogP contribution in [0.25, 0.3) is 6.08 Å². The maximum absolute atomic E-state index is 13.0. The molecule has 2 atom stereocenters. The van der Waals surface area contributed by atoms with Gasteiger partial charge in [-0.2, -0.15) is 0 Å². The second-order valence-electron chi connectivity index (χ2n) is 7.49. The normalized spacial score (nSPS) is 22.9. The average molecular weight is 342 g/mol. The van der Waals surface area contributed by atoms with Crippen molar-refractivity contribution in [2.45, 2.75) is 57.7 Å². The van der Waals surface area contributed by atoms with Gasteiger partial charge in [-0.1, -0.05) is 24.3 Å². The van der Waals surface area contributed by atoms with Crippen LogP contribution >= 0.6 is 0 Å². The van der Waals surface area contributed by atoms with E-state index in [0.717, 1.165) is 24.0 Å². The molecule has 2 aliphatic rings. The fourth-order valence-electron chi connectivity index (χ4n) is 4.00. The molecule has 1 N–H and O–H groups in total. The van der Waals surface area contributed by atoms with Crippen LogP contribution in [0, 0.1) is 0 Å². The first-order chi connectivity index (χ1) is 11.8. The molecule has 0 aromatic heterocycles. The number of nitrogens with zero attached hydrogens (tertiary/aromatic N) is 2. The van der Waals surface area contributed by atoms with Crippen molar-refractivity contribution < 1.29 is 14.7 Å². The third kappa shape index (κ3) is 3.47. The molecule has 0 spiro atoms. The minimum absolute atomic E-state index is 0.00835. The molecule has 1 saturated heterocycles. The molecule has 0 radical (unpaired) electrons. The molecule has 1 aromatic carbocycles. The third-order valence-corrected chi connectivity index (χ3v) is 5.23. The van der Waals surface area contributed by atoms with Gasteiger partial charge in [0.2, 0.25) is 11.8 Å². The highest BCUT2D eigenvalue weighted by molar-refractivity contribution is 5.82. The van der Waals surface area contributed by atoms with Gasteiger partial charge < -0.3 is 14.9 Å². The molecule has 2 heterocycles. The van der Waals surface area contributed by atoms with E-state index in [1.165, 1.54) is 6.92 Å². The Labute approximate surface area is 148 Å². The summed E-state index contributed by atoms with van der Waals surface area (Å²) in [5.74, 6) is -0.0880. The van der Waals surface area contributed by atoms with Crippen LogP contribution in [-0.4, -0.2) is 44.9 Å². The van der Waals surface area contributed by atoms with E-state index < -0.39 is 5.60 Å². The van der Waals surface area contributed by atoms with Crippen LogP contribution in [0.4, 0.5) is 0 Å². The first kappa shape index (κ1) is 17.7. The molecule has 0 bridgehead atoms. The van der Waals surface area contributed by atoms with Crippen molar-refractivity contribution in [3.05, 3.63) is 41.6 Å². The molecular weight excluding hydrogens is 316 g/mol. The Balaban J connectivity index is 1.85. The van der Waals surface area contributed by atoms with E-state index in [0.29, 0.717) is 6.54 Å². The van der Waals surface area contributed by atoms with Crippen LogP contribution in [0.15, 0.2) is 30.5 Å². The van der Waals surface area contributed by atoms with Gasteiger partial charge in [0.05, 0.1) is 24.1 Å². The smallest absolute Gasteiger partial charge is 0.225 e. The topological polar surface area (TPSA) is 60.9 Å². The molecule has 134 valence electrons. The van der Waals surface area contributed by atoms with Crippen LogP contribution in [0.1, 0.15) is 57.2 Å². The molecule has 1 aromatic rings. The van der Waals surface area contributed by atoms with Gasteiger partial charge in [-0.15, -0.1) is 0 Å². The largest absolute Gasteiger partial charge is 0.388 e. The Morgan fingerprint density at radius 3 is 2.68 bits per heavy atom. The molecule has 0 saturated carbocycles. The summed E-state index contributed by atoms with van der Waals surface area (Å²) in [6.45, 7) is 5.69. The summed E-state index contributed by atoms with van der Waals surface area (Å²) in [5, 5.41) is 10.4. The number of rotatable bonds is 3. The number of amides is 2. The Hall–Kier alpha value is -2.14. The van der Waals surface area contributed by atoms with Crippen LogP contribution in [0.5, 0.6) is 0 Å². The van der Waals surface area contributed by atoms with Crippen LogP contribution in [0.2, 0.25) is 0 Å². The van der Waals surface area contributed by atoms with Crippen LogP contribution < -0.4 is 0 Å². The predicted molar refractivity (Wildman–Crippen MR) is 96.4 cm³/mol. The SMILES string of the molecule is CC(=O)N1C=Cc2ccccc2C1CC(=O)N1CCCC1C(C)(C)O. The van der Waals surface area contributed by atoms with Gasteiger partial charge in [0, 0.05) is 19.7 Å². The predicted octanol–water partition coefficient (Wildman–Crippen LogP) is 2.71. The highest BCUT2D eigenvalue weighted by Crippen LogP contribution is 2.35. The first-order valence-corrected chi connectivity index (χ1v) is 8.87. The van der Waals surface area contributed by atoms with Gasteiger partial charge in [0.1, 0.15) is 0 Å². The quantitative estimate of drug-likeness (QED) is 0.919. The number of benzene rings is 1. The number of hydrogen-bond acceptors (Lipinski definition) is 3. The summed E-state index contributed by atoms with van der Waals surface area (Å²) >= 11 is 0. The summed E-state index contributed by atoms with van der Waals surface area (Å²) in [6.07, 6.45) is 5.62. The molecule has 2 aliphatic heterocycles. The second-order valence-corrected chi connectivity index (χ2v) is 7.49. The molecule has 5 heteroatoms. The third-order valence-electron chi connectivity index (χ3n) is 5.23. The van der Waals surface area contributed by atoms with Crippen molar-refractivity contribution >= 4 is 17.9 Å². The molecule has 2 unspecified atom stereocenters. The van der Waals surface area contributed by atoms with E-state index in [1.807, 2.05) is 30.3 Å². The van der Waals surface area contributed by atoms with E-state index in [1.54, 1.807) is 29.8 Å². The van der Waals surface area contributed by atoms with E-state index in [-0.39, 0.29) is 30.3 Å². The van der Waals surface area contributed by atoms with Crippen molar-refractivity contribution in [3.8, 4) is 0 Å². The highest BCUT2D eigenvalue weighted by atomic mass is 16.3. The molecule has 5 nitrogen and oxygen atoms in total. The number of likely N-dealkylation sites (tertiary alicyclic amines) is 1. The number of hydrogen-bond donors (Lipinski definition) is 1. The van der Waals surface area contributed by atoms with Gasteiger partial charge in [-0.25, -0.2) is 0 Å². The van der Waals surface area contributed by atoms with Crippen molar-refractivity contribution in [2.24, 2.45) is 0 Å². The van der Waals surface area contributed by atoms with Gasteiger partial charge in [-0.05, 0) is 43.9 Å². The van der Waals surface area contributed by atoms with Crippen molar-refractivity contribution in [1.82, 2.24) is 9.80 Å². The van der Waals surface area contributed by atoms with Gasteiger partial charge >= 0.3 is 0 Å². The zero-order valence-electron chi connectivity index (χ0n) is 15.1. The lowest BCUT2D eigenvalue weighted by atomic mass is 9.92. The molecular formula is C20H26N2O3. The minimum Gasteiger partial charge on any atom is -0.388 e. The maximum Gasteiger partial charge on any atom is 0.225 e. The fraction of sp³-hybridized carbons (Fsp3) is 0.500. The average Bonchev–Trinajstić information content (AvgIpc) is 3.05. The number of carbonyl (C=O) groups excluding carboxylic acids is 2. The Bertz CT molecular complexity index is 705. The fourth-order valence-corrected chi connectivity index (χ4v) is 4.00. The standard InChI is InChI=1S/C20H26N2O3/c1-14(23)21-12-10-15-7-4-5-8-16(15)17(21)13-19(24)22-11-6-9-18(22)20(2,3)25/h4-5,7-8,10,12,17-18,25H,6,9,11,13H2,1-3H3. The molecule has 25 heavy (non-hydrogen) atoms. The minimum atomic E-state index is -0.920. The monoisotopic (exact) mass is 342 g/mol. The van der Waals surface area contributed by atoms with Gasteiger partial charge in [0.15, 0.2) is 0 Å². The van der Waals surface area contributed by atoms with Crippen molar-refractivity contribution in [2.75, 3.05) is 6.54 Å². The second kappa shape index (κ2) is 6.64. The van der Waals surface area contributed by atoms with E-state index in [4.69, 9.17) is 0 Å². The van der Waals surface area contributed by atoms with Crippen molar-refractivity contribution in [1.29, 1.82) is 0 Å². The Morgan fingerprint density at radius 1 is 1.28 bits per heavy atom. The molecule has 1 fully saturated rings. The number of fused-ring (bicyclic) bond motifs is 1. The molecule has 3 rings (SSSR count). The molecule has 2 amide bonds. The Morgan fingerprint density at radius 2 is 2.00 bits per heavy atom.